The number of anilines is 2. The van der Waals surface area contributed by atoms with Crippen LogP contribution in [-0.2, 0) is 0 Å². The smallest absolute Gasteiger partial charge is 0.0814 e. The molecule has 1 aromatic carbocycles. The van der Waals surface area contributed by atoms with Crippen LogP contribution in [0.25, 0.3) is 10.9 Å². The molecule has 0 bridgehead atoms. The first-order chi connectivity index (χ1) is 8.58. The first kappa shape index (κ1) is 12.7. The third kappa shape index (κ3) is 2.41. The Bertz CT molecular complexity index is 531. The fourth-order valence-electron chi connectivity index (χ4n) is 1.92. The van der Waals surface area contributed by atoms with Crippen molar-refractivity contribution in [1.29, 1.82) is 0 Å². The Labute approximate surface area is 106 Å². The van der Waals surface area contributed by atoms with Gasteiger partial charge in [0.05, 0.1) is 28.7 Å². The van der Waals surface area contributed by atoms with Gasteiger partial charge in [0.25, 0.3) is 0 Å². The molecule has 0 aliphatic heterocycles. The Morgan fingerprint density at radius 1 is 1.39 bits per heavy atom. The third-order valence-corrected chi connectivity index (χ3v) is 3.53. The molecule has 0 saturated heterocycles. The summed E-state index contributed by atoms with van der Waals surface area (Å²) in [7, 11) is 0. The number of nitrogens with two attached hydrogens (primary N) is 1. The average molecular weight is 248 g/mol. The van der Waals surface area contributed by atoms with Gasteiger partial charge >= 0.3 is 0 Å². The van der Waals surface area contributed by atoms with E-state index in [1.165, 1.54) is 0 Å². The normalized spacial score (nSPS) is 11.9. The molecular formula is C13H20N4O. The highest BCUT2D eigenvalue weighted by atomic mass is 16.3. The van der Waals surface area contributed by atoms with Gasteiger partial charge in [0, 0.05) is 11.9 Å². The van der Waals surface area contributed by atoms with Crippen molar-refractivity contribution in [3.63, 3.8) is 0 Å². The molecule has 0 atom stereocenters. The number of hydrogen-bond acceptors (Lipinski definition) is 4. The number of aliphatic hydroxyl groups is 1. The van der Waals surface area contributed by atoms with Crippen molar-refractivity contribution in [2.45, 2.75) is 32.3 Å². The largest absolute Gasteiger partial charge is 0.397 e. The summed E-state index contributed by atoms with van der Waals surface area (Å²) >= 11 is 0. The molecule has 18 heavy (non-hydrogen) atoms. The number of nitrogens with one attached hydrogen (secondary N) is 2. The Morgan fingerprint density at radius 2 is 2.11 bits per heavy atom. The van der Waals surface area contributed by atoms with Gasteiger partial charge in [0.2, 0.25) is 0 Å². The number of aromatic nitrogens is 2. The Balaban J connectivity index is 2.18. The lowest BCUT2D eigenvalue weighted by atomic mass is 9.97. The fraction of sp³-hybridized carbons (Fsp3) is 0.462. The van der Waals surface area contributed by atoms with Gasteiger partial charge in [-0.3, -0.25) is 5.10 Å². The first-order valence-corrected chi connectivity index (χ1v) is 6.27. The zero-order valence-electron chi connectivity index (χ0n) is 10.8. The summed E-state index contributed by atoms with van der Waals surface area (Å²) in [4.78, 5) is 0. The van der Waals surface area contributed by atoms with Crippen LogP contribution in [0.3, 0.4) is 0 Å². The maximum absolute atomic E-state index is 10.2. The first-order valence-electron chi connectivity index (χ1n) is 6.27. The number of rotatable bonds is 5. The van der Waals surface area contributed by atoms with Crippen LogP contribution >= 0.6 is 0 Å². The second-order valence-corrected chi connectivity index (χ2v) is 4.68. The van der Waals surface area contributed by atoms with E-state index in [4.69, 9.17) is 5.73 Å². The molecule has 0 saturated carbocycles. The zero-order chi connectivity index (χ0) is 13.2. The van der Waals surface area contributed by atoms with Crippen molar-refractivity contribution in [3.05, 3.63) is 18.3 Å². The predicted octanol–water partition coefficient (Wildman–Crippen LogP) is 2.11. The molecule has 2 rings (SSSR count). The van der Waals surface area contributed by atoms with Crippen LogP contribution < -0.4 is 11.1 Å². The van der Waals surface area contributed by atoms with Crippen LogP contribution in [0.15, 0.2) is 18.3 Å². The molecule has 98 valence electrons. The summed E-state index contributed by atoms with van der Waals surface area (Å²) in [5.74, 6) is 0. The molecule has 1 heterocycles. The van der Waals surface area contributed by atoms with E-state index in [1.54, 1.807) is 6.20 Å². The summed E-state index contributed by atoms with van der Waals surface area (Å²) in [6.45, 7) is 4.45. The lowest BCUT2D eigenvalue weighted by Gasteiger charge is -2.26. The van der Waals surface area contributed by atoms with E-state index < -0.39 is 5.60 Å². The van der Waals surface area contributed by atoms with Gasteiger partial charge in [-0.05, 0) is 25.0 Å². The molecule has 0 aliphatic rings. The molecule has 0 unspecified atom stereocenters. The topological polar surface area (TPSA) is 87.0 Å². The number of benzene rings is 1. The highest BCUT2D eigenvalue weighted by Gasteiger charge is 2.21. The van der Waals surface area contributed by atoms with Crippen LogP contribution in [0.5, 0.6) is 0 Å². The lowest BCUT2D eigenvalue weighted by molar-refractivity contribution is 0.0457. The minimum absolute atomic E-state index is 0.490. The Morgan fingerprint density at radius 3 is 2.78 bits per heavy atom. The molecular weight excluding hydrogens is 228 g/mol. The fourth-order valence-corrected chi connectivity index (χ4v) is 1.92. The van der Waals surface area contributed by atoms with Crippen LogP contribution in [0, 0.1) is 0 Å². The summed E-state index contributed by atoms with van der Waals surface area (Å²) < 4.78 is 0. The Kier molecular flexibility index (Phi) is 3.43. The molecule has 0 radical (unpaired) electrons. The number of aromatic amines is 1. The Hall–Kier alpha value is -1.75. The van der Waals surface area contributed by atoms with E-state index in [2.05, 4.69) is 15.5 Å². The van der Waals surface area contributed by atoms with Crippen LogP contribution in [0.4, 0.5) is 11.4 Å². The van der Waals surface area contributed by atoms with Crippen molar-refractivity contribution in [3.8, 4) is 0 Å². The number of nitrogen functional groups attached to an aromatic ring is 1. The SMILES string of the molecule is CCC(O)(CC)CNc1cc2[nH]ncc2cc1N. The second kappa shape index (κ2) is 4.86. The van der Waals surface area contributed by atoms with Gasteiger partial charge in [-0.1, -0.05) is 13.8 Å². The second-order valence-electron chi connectivity index (χ2n) is 4.68. The molecule has 0 aliphatic carbocycles. The minimum atomic E-state index is -0.685. The average Bonchev–Trinajstić information content (AvgIpc) is 2.82. The molecule has 0 fully saturated rings. The van der Waals surface area contributed by atoms with E-state index in [9.17, 15) is 5.11 Å². The van der Waals surface area contributed by atoms with Crippen LogP contribution in [0.1, 0.15) is 26.7 Å². The molecule has 0 spiro atoms. The van der Waals surface area contributed by atoms with Crippen molar-refractivity contribution in [2.24, 2.45) is 0 Å². The van der Waals surface area contributed by atoms with Crippen LogP contribution in [-0.4, -0.2) is 27.4 Å². The number of hydrogen-bond donors (Lipinski definition) is 4. The quantitative estimate of drug-likeness (QED) is 0.610. The molecule has 5 nitrogen and oxygen atoms in total. The summed E-state index contributed by atoms with van der Waals surface area (Å²) in [6, 6.07) is 3.79. The van der Waals surface area contributed by atoms with Gasteiger partial charge in [0.1, 0.15) is 0 Å². The third-order valence-electron chi connectivity index (χ3n) is 3.53. The molecule has 5 heteroatoms. The summed E-state index contributed by atoms with van der Waals surface area (Å²) in [5, 5.41) is 21.3. The van der Waals surface area contributed by atoms with E-state index in [1.807, 2.05) is 26.0 Å². The number of fused-ring (bicyclic) bond motifs is 1. The molecule has 5 N–H and O–H groups in total. The monoisotopic (exact) mass is 248 g/mol. The molecule has 0 amide bonds. The summed E-state index contributed by atoms with van der Waals surface area (Å²) in [6.07, 6.45) is 3.16. The lowest BCUT2D eigenvalue weighted by Crippen LogP contribution is -2.35. The van der Waals surface area contributed by atoms with E-state index in [0.29, 0.717) is 25.1 Å². The summed E-state index contributed by atoms with van der Waals surface area (Å²) in [5.41, 5.74) is 7.71. The van der Waals surface area contributed by atoms with Gasteiger partial charge in [-0.15, -0.1) is 0 Å². The van der Waals surface area contributed by atoms with E-state index in [0.717, 1.165) is 16.6 Å². The van der Waals surface area contributed by atoms with Gasteiger partial charge in [-0.25, -0.2) is 0 Å². The van der Waals surface area contributed by atoms with Crippen molar-refractivity contribution in [1.82, 2.24) is 10.2 Å². The predicted molar refractivity (Wildman–Crippen MR) is 74.5 cm³/mol. The van der Waals surface area contributed by atoms with Gasteiger partial charge < -0.3 is 16.2 Å². The van der Waals surface area contributed by atoms with Crippen LogP contribution in [0.2, 0.25) is 0 Å². The highest BCUT2D eigenvalue weighted by molar-refractivity contribution is 5.88. The van der Waals surface area contributed by atoms with E-state index >= 15 is 0 Å². The highest BCUT2D eigenvalue weighted by Crippen LogP contribution is 2.26. The zero-order valence-corrected chi connectivity index (χ0v) is 10.8. The number of H-pyrrole nitrogens is 1. The minimum Gasteiger partial charge on any atom is -0.397 e. The standard InChI is InChI=1S/C13H20N4O/c1-3-13(18,4-2)8-15-12-6-11-9(5-10(12)14)7-16-17-11/h5-7,15,18H,3-4,8,14H2,1-2H3,(H,16,17). The van der Waals surface area contributed by atoms with E-state index in [-0.39, 0.29) is 0 Å². The van der Waals surface area contributed by atoms with Crippen molar-refractivity contribution in [2.75, 3.05) is 17.6 Å². The van der Waals surface area contributed by atoms with Crippen molar-refractivity contribution >= 4 is 22.3 Å². The van der Waals surface area contributed by atoms with Gasteiger partial charge in [-0.2, -0.15) is 5.10 Å². The van der Waals surface area contributed by atoms with Gasteiger partial charge in [0.15, 0.2) is 0 Å². The number of nitrogens with zero attached hydrogens (tertiary/aromatic N) is 1. The molecule has 1 aromatic heterocycles. The maximum Gasteiger partial charge on any atom is 0.0814 e. The maximum atomic E-state index is 10.2. The molecule has 2 aromatic rings. The van der Waals surface area contributed by atoms with Crippen molar-refractivity contribution < 1.29 is 5.11 Å².